The molecule has 0 amide bonds. The van der Waals surface area contributed by atoms with E-state index in [-0.39, 0.29) is 5.75 Å². The monoisotopic (exact) mass is 382 g/mol. The Labute approximate surface area is 160 Å². The fourth-order valence-electron chi connectivity index (χ4n) is 2.33. The summed E-state index contributed by atoms with van der Waals surface area (Å²) in [6.45, 7) is 5.72. The van der Waals surface area contributed by atoms with E-state index in [1.54, 1.807) is 24.3 Å². The number of hydrogen-bond donors (Lipinski definition) is 0. The van der Waals surface area contributed by atoms with Gasteiger partial charge in [-0.25, -0.2) is 14.8 Å². The van der Waals surface area contributed by atoms with Gasteiger partial charge in [-0.3, -0.25) is 4.79 Å². The first-order chi connectivity index (χ1) is 12.9. The highest BCUT2D eigenvalue weighted by Crippen LogP contribution is 2.20. The van der Waals surface area contributed by atoms with Crippen molar-refractivity contribution in [1.29, 1.82) is 0 Å². The summed E-state index contributed by atoms with van der Waals surface area (Å²) >= 11 is 1.37. The van der Waals surface area contributed by atoms with E-state index >= 15 is 0 Å². The topological polar surface area (TPSA) is 82.3 Å². The Morgan fingerprint density at radius 2 is 1.74 bits per heavy atom. The van der Waals surface area contributed by atoms with Crippen molar-refractivity contribution in [3.05, 3.63) is 81.2 Å². The second-order valence-electron chi connectivity index (χ2n) is 6.05. The van der Waals surface area contributed by atoms with Crippen LogP contribution in [0.2, 0.25) is 0 Å². The number of carbonyl (C=O) groups excluding carboxylic acids is 1. The predicted molar refractivity (Wildman–Crippen MR) is 102 cm³/mol. The number of rotatable bonds is 5. The first-order valence-corrected chi connectivity index (χ1v) is 9.25. The zero-order valence-electron chi connectivity index (χ0n) is 15.2. The summed E-state index contributed by atoms with van der Waals surface area (Å²) in [6, 6.07) is 10.1. The summed E-state index contributed by atoms with van der Waals surface area (Å²) in [5, 5.41) is 0.616. The molecular formula is C20H18N2O4S. The van der Waals surface area contributed by atoms with E-state index in [0.717, 1.165) is 23.2 Å². The number of aryl methyl sites for hydroxylation is 3. The van der Waals surface area contributed by atoms with Crippen LogP contribution in [-0.2, 0) is 5.75 Å². The maximum Gasteiger partial charge on any atom is 0.343 e. The lowest BCUT2D eigenvalue weighted by atomic mass is 10.1. The van der Waals surface area contributed by atoms with Gasteiger partial charge in [0.25, 0.3) is 0 Å². The Morgan fingerprint density at radius 3 is 2.37 bits per heavy atom. The highest BCUT2D eigenvalue weighted by Gasteiger charge is 2.13. The van der Waals surface area contributed by atoms with Gasteiger partial charge in [-0.05, 0) is 39.0 Å². The van der Waals surface area contributed by atoms with Crippen molar-refractivity contribution in [2.24, 2.45) is 0 Å². The third kappa shape index (κ3) is 5.04. The van der Waals surface area contributed by atoms with Crippen molar-refractivity contribution in [2.75, 3.05) is 0 Å². The smallest absolute Gasteiger partial charge is 0.343 e. The van der Waals surface area contributed by atoms with Gasteiger partial charge >= 0.3 is 5.97 Å². The number of nitrogens with zero attached hydrogens (tertiary/aromatic N) is 2. The van der Waals surface area contributed by atoms with Gasteiger partial charge in [0.05, 0.1) is 11.3 Å². The molecule has 138 valence electrons. The van der Waals surface area contributed by atoms with Crippen molar-refractivity contribution >= 4 is 17.7 Å². The molecule has 0 aliphatic rings. The average molecular weight is 382 g/mol. The Hall–Kier alpha value is -2.93. The molecule has 7 heteroatoms. The number of carbonyl (C=O) groups is 1. The van der Waals surface area contributed by atoms with Gasteiger partial charge in [0, 0.05) is 17.5 Å². The van der Waals surface area contributed by atoms with Gasteiger partial charge in [-0.2, -0.15) is 0 Å². The molecule has 0 atom stereocenters. The Balaban J connectivity index is 1.67. The van der Waals surface area contributed by atoms with Crippen LogP contribution in [0.15, 0.2) is 57.0 Å². The minimum absolute atomic E-state index is 0.142. The molecule has 0 aliphatic carbocycles. The molecule has 6 nitrogen and oxygen atoms in total. The lowest BCUT2D eigenvalue weighted by Crippen LogP contribution is -2.14. The quantitative estimate of drug-likeness (QED) is 0.376. The third-order valence-electron chi connectivity index (χ3n) is 3.65. The third-order valence-corrected chi connectivity index (χ3v) is 4.52. The molecule has 0 spiro atoms. The van der Waals surface area contributed by atoms with E-state index in [2.05, 4.69) is 9.97 Å². The Morgan fingerprint density at radius 1 is 1.07 bits per heavy atom. The molecule has 3 aromatic rings. The molecule has 0 saturated heterocycles. The minimum atomic E-state index is -0.604. The van der Waals surface area contributed by atoms with Crippen molar-refractivity contribution in [3.8, 4) is 5.75 Å². The number of esters is 1. The van der Waals surface area contributed by atoms with Crippen LogP contribution >= 0.6 is 11.8 Å². The van der Waals surface area contributed by atoms with Gasteiger partial charge in [0.2, 0.25) is 11.2 Å². The number of aromatic nitrogens is 2. The van der Waals surface area contributed by atoms with Crippen LogP contribution in [-0.4, -0.2) is 15.9 Å². The average Bonchev–Trinajstić information content (AvgIpc) is 2.62. The Kier molecular flexibility index (Phi) is 5.71. The highest BCUT2D eigenvalue weighted by atomic mass is 32.2. The molecule has 0 radical (unpaired) electrons. The van der Waals surface area contributed by atoms with E-state index in [4.69, 9.17) is 9.15 Å². The van der Waals surface area contributed by atoms with Gasteiger partial charge in [0.1, 0.15) is 12.0 Å². The van der Waals surface area contributed by atoms with Crippen LogP contribution in [0.25, 0.3) is 0 Å². The van der Waals surface area contributed by atoms with Gasteiger partial charge in [-0.1, -0.05) is 29.5 Å². The molecule has 2 heterocycles. The fraction of sp³-hybridized carbons (Fsp3) is 0.200. The van der Waals surface area contributed by atoms with Crippen LogP contribution in [0.3, 0.4) is 0 Å². The normalized spacial score (nSPS) is 10.6. The summed E-state index contributed by atoms with van der Waals surface area (Å²) in [7, 11) is 0. The van der Waals surface area contributed by atoms with Crippen molar-refractivity contribution in [1.82, 2.24) is 9.97 Å². The van der Waals surface area contributed by atoms with E-state index in [9.17, 15) is 9.59 Å². The predicted octanol–water partition coefficient (Wildman–Crippen LogP) is 3.87. The van der Waals surface area contributed by atoms with E-state index < -0.39 is 11.4 Å². The molecule has 2 aromatic heterocycles. The molecule has 0 N–H and O–H groups in total. The maximum atomic E-state index is 12.2. The zero-order valence-corrected chi connectivity index (χ0v) is 16.0. The van der Waals surface area contributed by atoms with Crippen LogP contribution in [0.4, 0.5) is 0 Å². The van der Waals surface area contributed by atoms with E-state index in [0.29, 0.717) is 22.2 Å². The molecule has 0 unspecified atom stereocenters. The minimum Gasteiger partial charge on any atom is -0.464 e. The molecular weight excluding hydrogens is 364 g/mol. The highest BCUT2D eigenvalue weighted by molar-refractivity contribution is 7.98. The largest absolute Gasteiger partial charge is 0.464 e. The standard InChI is InChI=1S/C20H18N2O4S/c1-12-4-6-15(7-5-12)19(24)26-18-10-25-16(9-17(18)23)11-27-20-21-13(2)8-14(3)22-20/h4-10H,11H2,1-3H3. The zero-order chi connectivity index (χ0) is 19.4. The SMILES string of the molecule is Cc1ccc(C(=O)Oc2coc(CSc3nc(C)cc(C)n3)cc2=O)cc1. The molecule has 0 fully saturated rings. The molecule has 0 bridgehead atoms. The fourth-order valence-corrected chi connectivity index (χ4v) is 3.17. The lowest BCUT2D eigenvalue weighted by molar-refractivity contribution is 0.0729. The summed E-state index contributed by atoms with van der Waals surface area (Å²) in [4.78, 5) is 33.0. The van der Waals surface area contributed by atoms with E-state index in [1.807, 2.05) is 26.8 Å². The summed E-state index contributed by atoms with van der Waals surface area (Å²) in [6.07, 6.45) is 1.16. The number of thioether (sulfide) groups is 1. The van der Waals surface area contributed by atoms with Gasteiger partial charge in [0.15, 0.2) is 5.16 Å². The van der Waals surface area contributed by atoms with Crippen molar-refractivity contribution in [3.63, 3.8) is 0 Å². The second kappa shape index (κ2) is 8.18. The summed E-state index contributed by atoms with van der Waals surface area (Å²) in [5.41, 5.74) is 2.74. The first kappa shape index (κ1) is 18.8. The first-order valence-electron chi connectivity index (χ1n) is 8.26. The number of hydrogen-bond acceptors (Lipinski definition) is 7. The molecule has 1 aromatic carbocycles. The maximum absolute atomic E-state index is 12.2. The van der Waals surface area contributed by atoms with E-state index in [1.165, 1.54) is 17.8 Å². The van der Waals surface area contributed by atoms with Crippen LogP contribution in [0, 0.1) is 20.8 Å². The molecule has 0 saturated carbocycles. The molecule has 3 rings (SSSR count). The number of benzene rings is 1. The second-order valence-corrected chi connectivity index (χ2v) is 6.99. The molecule has 27 heavy (non-hydrogen) atoms. The summed E-state index contributed by atoms with van der Waals surface area (Å²) in [5.74, 6) is 0.0950. The van der Waals surface area contributed by atoms with Gasteiger partial charge < -0.3 is 9.15 Å². The van der Waals surface area contributed by atoms with Crippen LogP contribution in [0.5, 0.6) is 5.75 Å². The van der Waals surface area contributed by atoms with Crippen LogP contribution in [0.1, 0.15) is 33.1 Å². The van der Waals surface area contributed by atoms with Crippen molar-refractivity contribution < 1.29 is 13.9 Å². The van der Waals surface area contributed by atoms with Crippen molar-refractivity contribution in [2.45, 2.75) is 31.7 Å². The van der Waals surface area contributed by atoms with Crippen LogP contribution < -0.4 is 10.2 Å². The molecule has 0 aliphatic heterocycles. The number of ether oxygens (including phenoxy) is 1. The van der Waals surface area contributed by atoms with Gasteiger partial charge in [-0.15, -0.1) is 0 Å². The lowest BCUT2D eigenvalue weighted by Gasteiger charge is -2.05. The summed E-state index contributed by atoms with van der Waals surface area (Å²) < 4.78 is 10.6. The Bertz CT molecular complexity index is 1010.